The van der Waals surface area contributed by atoms with E-state index in [1.165, 1.54) is 24.8 Å². The molecule has 1 saturated heterocycles. The summed E-state index contributed by atoms with van der Waals surface area (Å²) in [4.78, 5) is 15.2. The van der Waals surface area contributed by atoms with E-state index in [2.05, 4.69) is 63.4 Å². The second-order valence-electron chi connectivity index (χ2n) is 8.06. The summed E-state index contributed by atoms with van der Waals surface area (Å²) in [6.07, 6.45) is 6.69. The lowest BCUT2D eigenvalue weighted by molar-refractivity contribution is 0.0909. The van der Waals surface area contributed by atoms with Crippen LogP contribution in [0.4, 0.5) is 0 Å². The Kier molecular flexibility index (Phi) is 9.22. The first-order valence-electron chi connectivity index (χ1n) is 11.1. The van der Waals surface area contributed by atoms with E-state index in [0.29, 0.717) is 12.2 Å². The van der Waals surface area contributed by atoms with Crippen molar-refractivity contribution in [3.05, 3.63) is 64.1 Å². The molecule has 1 amide bonds. The van der Waals surface area contributed by atoms with Gasteiger partial charge in [-0.15, -0.1) is 0 Å². The summed E-state index contributed by atoms with van der Waals surface area (Å²) in [6, 6.07) is 16.4. The van der Waals surface area contributed by atoms with Crippen molar-refractivity contribution in [2.24, 2.45) is 0 Å². The summed E-state index contributed by atoms with van der Waals surface area (Å²) in [5.41, 5.74) is 2.02. The van der Waals surface area contributed by atoms with E-state index in [4.69, 9.17) is 4.74 Å². The fourth-order valence-corrected chi connectivity index (χ4v) is 4.31. The monoisotopic (exact) mass is 472 g/mol. The lowest BCUT2D eigenvalue weighted by Gasteiger charge is -2.32. The number of halogens is 1. The molecule has 0 atom stereocenters. The minimum absolute atomic E-state index is 0.00768. The highest BCUT2D eigenvalue weighted by Gasteiger charge is 2.21. The van der Waals surface area contributed by atoms with Crippen LogP contribution in [0.3, 0.4) is 0 Å². The first-order chi connectivity index (χ1) is 14.7. The SMILES string of the molecule is CCCCCCOc1ccc(C(=O)NC2CCN(Cc3ccccc3)CC2)cc1Br. The van der Waals surface area contributed by atoms with Crippen molar-refractivity contribution < 1.29 is 9.53 Å². The van der Waals surface area contributed by atoms with Crippen LogP contribution in [0.5, 0.6) is 5.75 Å². The lowest BCUT2D eigenvalue weighted by Crippen LogP contribution is -2.44. The van der Waals surface area contributed by atoms with Crippen LogP contribution in [-0.2, 0) is 6.54 Å². The Hall–Kier alpha value is -1.85. The Bertz CT molecular complexity index is 789. The summed E-state index contributed by atoms with van der Waals surface area (Å²) in [5.74, 6) is 0.795. The molecule has 0 saturated carbocycles. The predicted octanol–water partition coefficient (Wildman–Crippen LogP) is 5.80. The number of carbonyl (C=O) groups is 1. The molecular weight excluding hydrogens is 440 g/mol. The number of hydrogen-bond acceptors (Lipinski definition) is 3. The molecular formula is C25H33BrN2O2. The van der Waals surface area contributed by atoms with E-state index in [1.807, 2.05) is 18.2 Å². The van der Waals surface area contributed by atoms with Gasteiger partial charge < -0.3 is 10.1 Å². The van der Waals surface area contributed by atoms with Crippen molar-refractivity contribution in [2.75, 3.05) is 19.7 Å². The number of unbranched alkanes of at least 4 members (excludes halogenated alkanes) is 3. The molecule has 1 aliphatic rings. The lowest BCUT2D eigenvalue weighted by atomic mass is 10.0. The Balaban J connectivity index is 1.43. The molecule has 162 valence electrons. The van der Waals surface area contributed by atoms with Crippen LogP contribution in [-0.4, -0.2) is 36.5 Å². The summed E-state index contributed by atoms with van der Waals surface area (Å²) < 4.78 is 6.68. The largest absolute Gasteiger partial charge is 0.492 e. The minimum Gasteiger partial charge on any atom is -0.492 e. The average molecular weight is 473 g/mol. The van der Waals surface area contributed by atoms with Crippen LogP contribution >= 0.6 is 15.9 Å². The number of likely N-dealkylation sites (tertiary alicyclic amines) is 1. The summed E-state index contributed by atoms with van der Waals surface area (Å²) >= 11 is 3.55. The molecule has 5 heteroatoms. The summed E-state index contributed by atoms with van der Waals surface area (Å²) in [7, 11) is 0. The molecule has 3 rings (SSSR count). The fraction of sp³-hybridized carbons (Fsp3) is 0.480. The fourth-order valence-electron chi connectivity index (χ4n) is 3.82. The van der Waals surface area contributed by atoms with Gasteiger partial charge in [-0.3, -0.25) is 9.69 Å². The van der Waals surface area contributed by atoms with Crippen molar-refractivity contribution in [1.29, 1.82) is 0 Å². The maximum atomic E-state index is 12.7. The van der Waals surface area contributed by atoms with Crippen molar-refractivity contribution in [2.45, 2.75) is 58.0 Å². The molecule has 0 radical (unpaired) electrons. The van der Waals surface area contributed by atoms with E-state index in [9.17, 15) is 4.79 Å². The number of hydrogen-bond donors (Lipinski definition) is 1. The smallest absolute Gasteiger partial charge is 0.251 e. The van der Waals surface area contributed by atoms with E-state index in [-0.39, 0.29) is 11.9 Å². The second-order valence-corrected chi connectivity index (χ2v) is 8.92. The van der Waals surface area contributed by atoms with Gasteiger partial charge in [0.25, 0.3) is 5.91 Å². The van der Waals surface area contributed by atoms with E-state index < -0.39 is 0 Å². The van der Waals surface area contributed by atoms with Crippen LogP contribution in [0.1, 0.15) is 61.4 Å². The zero-order valence-corrected chi connectivity index (χ0v) is 19.5. The normalized spacial score (nSPS) is 15.1. The van der Waals surface area contributed by atoms with Gasteiger partial charge in [0.2, 0.25) is 0 Å². The Morgan fingerprint density at radius 3 is 2.57 bits per heavy atom. The maximum absolute atomic E-state index is 12.7. The third-order valence-electron chi connectivity index (χ3n) is 5.62. The number of rotatable bonds is 10. The molecule has 1 N–H and O–H groups in total. The Labute approximate surface area is 189 Å². The van der Waals surface area contributed by atoms with Gasteiger partial charge in [-0.25, -0.2) is 0 Å². The molecule has 2 aromatic rings. The van der Waals surface area contributed by atoms with E-state index >= 15 is 0 Å². The zero-order chi connectivity index (χ0) is 21.2. The number of nitrogens with one attached hydrogen (secondary N) is 1. The molecule has 1 heterocycles. The quantitative estimate of drug-likeness (QED) is 0.444. The van der Waals surface area contributed by atoms with Gasteiger partial charge in [-0.1, -0.05) is 56.5 Å². The number of piperidine rings is 1. The molecule has 0 unspecified atom stereocenters. The third kappa shape index (κ3) is 7.13. The number of carbonyl (C=O) groups excluding carboxylic acids is 1. The maximum Gasteiger partial charge on any atom is 0.251 e. The third-order valence-corrected chi connectivity index (χ3v) is 6.24. The van der Waals surface area contributed by atoms with Crippen molar-refractivity contribution in [3.63, 3.8) is 0 Å². The molecule has 30 heavy (non-hydrogen) atoms. The Morgan fingerprint density at radius 1 is 1.10 bits per heavy atom. The standard InChI is InChI=1S/C25H33BrN2O2/c1-2-3-4-8-17-30-24-12-11-21(18-23(24)26)25(29)27-22-13-15-28(16-14-22)19-20-9-6-5-7-10-20/h5-7,9-12,18,22H,2-4,8,13-17,19H2,1H3,(H,27,29). The highest BCUT2D eigenvalue weighted by Crippen LogP contribution is 2.26. The van der Waals surface area contributed by atoms with Gasteiger partial charge in [0.1, 0.15) is 5.75 Å². The number of amides is 1. The van der Waals surface area contributed by atoms with Gasteiger partial charge in [-0.05, 0) is 59.0 Å². The molecule has 0 bridgehead atoms. The molecule has 0 spiro atoms. The van der Waals surface area contributed by atoms with Crippen LogP contribution in [0.15, 0.2) is 53.0 Å². The second kappa shape index (κ2) is 12.1. The van der Waals surface area contributed by atoms with Crippen LogP contribution in [0.2, 0.25) is 0 Å². The van der Waals surface area contributed by atoms with Crippen molar-refractivity contribution in [3.8, 4) is 5.75 Å². The van der Waals surface area contributed by atoms with E-state index in [1.54, 1.807) is 0 Å². The number of nitrogens with zero attached hydrogens (tertiary/aromatic N) is 1. The van der Waals surface area contributed by atoms with E-state index in [0.717, 1.165) is 49.1 Å². The molecule has 1 fully saturated rings. The van der Waals surface area contributed by atoms with Crippen LogP contribution in [0.25, 0.3) is 0 Å². The molecule has 0 aromatic heterocycles. The van der Waals surface area contributed by atoms with Crippen molar-refractivity contribution in [1.82, 2.24) is 10.2 Å². The summed E-state index contributed by atoms with van der Waals surface area (Å²) in [6.45, 7) is 5.91. The van der Waals surface area contributed by atoms with Crippen LogP contribution in [0, 0.1) is 0 Å². The number of benzene rings is 2. The van der Waals surface area contributed by atoms with Gasteiger partial charge in [0.15, 0.2) is 0 Å². The highest BCUT2D eigenvalue weighted by atomic mass is 79.9. The average Bonchev–Trinajstić information content (AvgIpc) is 2.76. The predicted molar refractivity (Wildman–Crippen MR) is 126 cm³/mol. The first kappa shape index (κ1) is 22.8. The van der Waals surface area contributed by atoms with Crippen molar-refractivity contribution >= 4 is 21.8 Å². The summed E-state index contributed by atoms with van der Waals surface area (Å²) in [5, 5.41) is 3.21. The minimum atomic E-state index is -0.00768. The number of ether oxygens (including phenoxy) is 1. The van der Waals surface area contributed by atoms with Gasteiger partial charge in [0, 0.05) is 31.2 Å². The van der Waals surface area contributed by atoms with Crippen LogP contribution < -0.4 is 10.1 Å². The Morgan fingerprint density at radius 2 is 1.87 bits per heavy atom. The molecule has 1 aliphatic heterocycles. The zero-order valence-electron chi connectivity index (χ0n) is 17.9. The molecule has 2 aromatic carbocycles. The van der Waals surface area contributed by atoms with Gasteiger partial charge >= 0.3 is 0 Å². The molecule has 4 nitrogen and oxygen atoms in total. The first-order valence-corrected chi connectivity index (χ1v) is 11.9. The van der Waals surface area contributed by atoms with Gasteiger partial charge in [0.05, 0.1) is 11.1 Å². The molecule has 0 aliphatic carbocycles. The topological polar surface area (TPSA) is 41.6 Å². The van der Waals surface area contributed by atoms with Gasteiger partial charge in [-0.2, -0.15) is 0 Å². The highest BCUT2D eigenvalue weighted by molar-refractivity contribution is 9.10.